The Labute approximate surface area is 99.0 Å². The van der Waals surface area contributed by atoms with Crippen LogP contribution in [-0.2, 0) is 10.0 Å². The molecule has 0 amide bonds. The molecule has 0 saturated heterocycles. The van der Waals surface area contributed by atoms with E-state index in [4.69, 9.17) is 15.6 Å². The number of phenolic OH excluding ortho intramolecular Hbond substituents is 1. The van der Waals surface area contributed by atoms with Gasteiger partial charge >= 0.3 is 0 Å². The van der Waals surface area contributed by atoms with Crippen LogP contribution in [0.25, 0.3) is 0 Å². The fraction of sp³-hybridized carbons (Fsp3) is 0.200. The van der Waals surface area contributed by atoms with Crippen LogP contribution in [0.15, 0.2) is 29.2 Å². The Kier molecular flexibility index (Phi) is 4.05. The molecule has 7 heteroatoms. The van der Waals surface area contributed by atoms with Crippen molar-refractivity contribution in [3.05, 3.63) is 24.3 Å². The van der Waals surface area contributed by atoms with Crippen LogP contribution in [0.4, 0.5) is 0 Å². The number of hydrogen-bond donors (Lipinski definition) is 1. The van der Waals surface area contributed by atoms with Crippen molar-refractivity contribution in [3.8, 4) is 17.9 Å². The number of hydrogen-bond acceptors (Lipinski definition) is 5. The molecule has 1 N–H and O–H groups in total. The van der Waals surface area contributed by atoms with Gasteiger partial charge in [0.05, 0.1) is 17.0 Å². The van der Waals surface area contributed by atoms with E-state index < -0.39 is 23.1 Å². The van der Waals surface area contributed by atoms with Gasteiger partial charge in [0.2, 0.25) is 10.0 Å². The molecule has 0 aromatic heterocycles. The van der Waals surface area contributed by atoms with Gasteiger partial charge in [0.15, 0.2) is 0 Å². The molecule has 0 spiro atoms. The van der Waals surface area contributed by atoms with E-state index in [1.165, 1.54) is 24.3 Å². The van der Waals surface area contributed by atoms with E-state index in [2.05, 4.69) is 0 Å². The molecule has 0 atom stereocenters. The van der Waals surface area contributed by atoms with Crippen LogP contribution >= 0.6 is 0 Å². The summed E-state index contributed by atoms with van der Waals surface area (Å²) in [6.45, 7) is -0.784. The number of aromatic hydroxyl groups is 1. The molecule has 0 fully saturated rings. The summed E-state index contributed by atoms with van der Waals surface area (Å²) in [5.74, 6) is -0.0592. The zero-order chi connectivity index (χ0) is 12.9. The van der Waals surface area contributed by atoms with Gasteiger partial charge < -0.3 is 5.11 Å². The molecule has 1 aromatic carbocycles. The summed E-state index contributed by atoms with van der Waals surface area (Å²) in [5.41, 5.74) is 0. The van der Waals surface area contributed by atoms with E-state index in [0.717, 1.165) is 4.31 Å². The Balaban J connectivity index is 3.13. The highest BCUT2D eigenvalue weighted by atomic mass is 32.2. The van der Waals surface area contributed by atoms with Gasteiger partial charge in [-0.25, -0.2) is 8.42 Å². The summed E-state index contributed by atoms with van der Waals surface area (Å²) in [7, 11) is -3.86. The Hall–Kier alpha value is -2.09. The van der Waals surface area contributed by atoms with Crippen molar-refractivity contribution >= 4 is 10.0 Å². The van der Waals surface area contributed by atoms with Crippen LogP contribution in [0.3, 0.4) is 0 Å². The predicted octanol–water partition coefficient (Wildman–Crippen LogP) is 0.430. The molecule has 0 heterocycles. The third-order valence-electron chi connectivity index (χ3n) is 1.97. The maximum atomic E-state index is 12.0. The molecule has 0 radical (unpaired) electrons. The van der Waals surface area contributed by atoms with Gasteiger partial charge in [-0.1, -0.05) is 0 Å². The molecular weight excluding hydrogens is 242 g/mol. The van der Waals surface area contributed by atoms with Crippen molar-refractivity contribution in [1.82, 2.24) is 4.31 Å². The molecule has 0 unspecified atom stereocenters. The number of benzene rings is 1. The Bertz CT molecular complexity index is 550. The smallest absolute Gasteiger partial charge is 0.244 e. The van der Waals surface area contributed by atoms with Gasteiger partial charge in [-0.3, -0.25) is 0 Å². The molecule has 6 nitrogen and oxygen atoms in total. The first-order chi connectivity index (χ1) is 8.02. The summed E-state index contributed by atoms with van der Waals surface area (Å²) in [6.07, 6.45) is 0. The number of rotatable bonds is 4. The summed E-state index contributed by atoms with van der Waals surface area (Å²) in [5, 5.41) is 26.1. The van der Waals surface area contributed by atoms with Crippen LogP contribution in [-0.4, -0.2) is 30.9 Å². The third-order valence-corrected chi connectivity index (χ3v) is 3.77. The number of nitriles is 2. The van der Waals surface area contributed by atoms with Crippen LogP contribution < -0.4 is 0 Å². The topological polar surface area (TPSA) is 105 Å². The average molecular weight is 251 g/mol. The minimum absolute atomic E-state index is 0.0592. The van der Waals surface area contributed by atoms with Gasteiger partial charge in [-0.2, -0.15) is 14.8 Å². The molecule has 1 aromatic rings. The van der Waals surface area contributed by atoms with Crippen molar-refractivity contribution in [2.75, 3.05) is 13.1 Å². The SMILES string of the molecule is N#CCN(CC#N)S(=O)(=O)c1ccc(O)cc1. The lowest BCUT2D eigenvalue weighted by molar-refractivity contribution is 0.472. The second kappa shape index (κ2) is 5.30. The van der Waals surface area contributed by atoms with Crippen molar-refractivity contribution in [2.24, 2.45) is 0 Å². The Morgan fingerprint density at radius 1 is 1.12 bits per heavy atom. The van der Waals surface area contributed by atoms with Gasteiger partial charge in [0.25, 0.3) is 0 Å². The lowest BCUT2D eigenvalue weighted by Gasteiger charge is -2.15. The molecule has 0 saturated carbocycles. The summed E-state index contributed by atoms with van der Waals surface area (Å²) in [4.78, 5) is -0.0687. The van der Waals surface area contributed by atoms with Crippen molar-refractivity contribution in [1.29, 1.82) is 10.5 Å². The van der Waals surface area contributed by atoms with Gasteiger partial charge in [0, 0.05) is 0 Å². The van der Waals surface area contributed by atoms with Crippen molar-refractivity contribution in [3.63, 3.8) is 0 Å². The van der Waals surface area contributed by atoms with Crippen LogP contribution in [0.5, 0.6) is 5.75 Å². The highest BCUT2D eigenvalue weighted by Gasteiger charge is 2.23. The quantitative estimate of drug-likeness (QED) is 0.781. The summed E-state index contributed by atoms with van der Waals surface area (Å²) < 4.78 is 24.7. The lowest BCUT2D eigenvalue weighted by atomic mass is 10.3. The first-order valence-electron chi connectivity index (χ1n) is 4.55. The number of sulfonamides is 1. The Morgan fingerprint density at radius 2 is 1.59 bits per heavy atom. The maximum absolute atomic E-state index is 12.0. The van der Waals surface area contributed by atoms with Crippen LogP contribution in [0, 0.1) is 22.7 Å². The maximum Gasteiger partial charge on any atom is 0.244 e. The molecule has 0 bridgehead atoms. The van der Waals surface area contributed by atoms with E-state index in [1.54, 1.807) is 12.1 Å². The van der Waals surface area contributed by atoms with Gasteiger partial charge in [-0.15, -0.1) is 0 Å². The largest absolute Gasteiger partial charge is 0.508 e. The standard InChI is InChI=1S/C10H9N3O3S/c11-5-7-13(8-6-12)17(15,16)10-3-1-9(14)2-4-10/h1-4,14H,7-8H2. The average Bonchev–Trinajstić information content (AvgIpc) is 2.29. The lowest BCUT2D eigenvalue weighted by Crippen LogP contribution is -2.31. The zero-order valence-electron chi connectivity index (χ0n) is 8.74. The molecule has 0 aliphatic rings. The number of phenols is 1. The minimum atomic E-state index is -3.86. The van der Waals surface area contributed by atoms with Crippen molar-refractivity contribution < 1.29 is 13.5 Å². The Morgan fingerprint density at radius 3 is 2.00 bits per heavy atom. The summed E-state index contributed by atoms with van der Waals surface area (Å²) in [6, 6.07) is 8.25. The normalized spacial score (nSPS) is 10.8. The second-order valence-corrected chi connectivity index (χ2v) is 5.02. The van der Waals surface area contributed by atoms with Crippen molar-refractivity contribution in [2.45, 2.75) is 4.90 Å². The van der Waals surface area contributed by atoms with Gasteiger partial charge in [-0.05, 0) is 24.3 Å². The monoisotopic (exact) mass is 251 g/mol. The highest BCUT2D eigenvalue weighted by Crippen LogP contribution is 2.18. The molecule has 1 rings (SSSR count). The molecule has 0 aliphatic heterocycles. The van der Waals surface area contributed by atoms with Crippen LogP contribution in [0.2, 0.25) is 0 Å². The highest BCUT2D eigenvalue weighted by molar-refractivity contribution is 7.89. The summed E-state index contributed by atoms with van der Waals surface area (Å²) >= 11 is 0. The van der Waals surface area contributed by atoms with E-state index in [1.807, 2.05) is 0 Å². The van der Waals surface area contributed by atoms with E-state index in [9.17, 15) is 8.42 Å². The molecule has 0 aliphatic carbocycles. The zero-order valence-corrected chi connectivity index (χ0v) is 9.55. The number of nitrogens with zero attached hydrogens (tertiary/aromatic N) is 3. The molecule has 17 heavy (non-hydrogen) atoms. The minimum Gasteiger partial charge on any atom is -0.508 e. The predicted molar refractivity (Wildman–Crippen MR) is 58.1 cm³/mol. The van der Waals surface area contributed by atoms with E-state index in [-0.39, 0.29) is 10.6 Å². The molecular formula is C10H9N3O3S. The fourth-order valence-electron chi connectivity index (χ4n) is 1.15. The van der Waals surface area contributed by atoms with E-state index in [0.29, 0.717) is 0 Å². The second-order valence-electron chi connectivity index (χ2n) is 3.08. The first-order valence-corrected chi connectivity index (χ1v) is 5.99. The first kappa shape index (κ1) is 13.0. The van der Waals surface area contributed by atoms with Gasteiger partial charge in [0.1, 0.15) is 18.8 Å². The third kappa shape index (κ3) is 2.94. The van der Waals surface area contributed by atoms with Crippen LogP contribution in [0.1, 0.15) is 0 Å². The van der Waals surface area contributed by atoms with E-state index >= 15 is 0 Å². The molecule has 88 valence electrons. The fourth-order valence-corrected chi connectivity index (χ4v) is 2.38.